The molecule has 0 spiro atoms. The zero-order chi connectivity index (χ0) is 17.5. The molecule has 2 N–H and O–H groups in total. The third-order valence-electron chi connectivity index (χ3n) is 3.57. The number of para-hydroxylation sites is 2. The van der Waals surface area contributed by atoms with E-state index in [-0.39, 0.29) is 12.5 Å². The lowest BCUT2D eigenvalue weighted by Gasteiger charge is -2.10. The van der Waals surface area contributed by atoms with Gasteiger partial charge in [-0.3, -0.25) is 4.79 Å². The van der Waals surface area contributed by atoms with Crippen molar-refractivity contribution in [2.24, 2.45) is 0 Å². The molecule has 1 heterocycles. The van der Waals surface area contributed by atoms with E-state index >= 15 is 0 Å². The number of ether oxygens (including phenoxy) is 1. The summed E-state index contributed by atoms with van der Waals surface area (Å²) in [6.07, 6.45) is 2.62. The van der Waals surface area contributed by atoms with Crippen molar-refractivity contribution in [2.45, 2.75) is 6.42 Å². The maximum Gasteiger partial charge on any atom is 0.245 e. The average molecular weight is 353 g/mol. The molecule has 25 heavy (non-hydrogen) atoms. The Hall–Kier alpha value is -2.86. The summed E-state index contributed by atoms with van der Waals surface area (Å²) in [4.78, 5) is 17.5. The van der Waals surface area contributed by atoms with Crippen LogP contribution < -0.4 is 15.4 Å². The number of aromatic nitrogens is 1. The predicted molar refractivity (Wildman–Crippen MR) is 101 cm³/mol. The number of rotatable bonds is 7. The van der Waals surface area contributed by atoms with Gasteiger partial charge < -0.3 is 15.4 Å². The number of methoxy groups -OCH3 is 1. The maximum absolute atomic E-state index is 12.1. The van der Waals surface area contributed by atoms with Gasteiger partial charge in [0.25, 0.3) is 0 Å². The highest BCUT2D eigenvalue weighted by atomic mass is 32.1. The predicted octanol–water partition coefficient (Wildman–Crippen LogP) is 3.79. The van der Waals surface area contributed by atoms with Crippen molar-refractivity contribution in [2.75, 3.05) is 24.3 Å². The van der Waals surface area contributed by atoms with E-state index in [1.165, 1.54) is 16.9 Å². The monoisotopic (exact) mass is 353 g/mol. The Morgan fingerprint density at radius 1 is 1.12 bits per heavy atom. The summed E-state index contributed by atoms with van der Waals surface area (Å²) in [6.45, 7) is 0.147. The van der Waals surface area contributed by atoms with E-state index in [1.807, 2.05) is 42.5 Å². The van der Waals surface area contributed by atoms with Crippen LogP contribution in [0.4, 0.5) is 10.8 Å². The highest BCUT2D eigenvalue weighted by Crippen LogP contribution is 2.23. The largest absolute Gasteiger partial charge is 0.495 e. The molecule has 0 saturated carbocycles. The molecule has 0 aliphatic carbocycles. The van der Waals surface area contributed by atoms with E-state index in [2.05, 4.69) is 27.8 Å². The molecule has 1 aromatic heterocycles. The van der Waals surface area contributed by atoms with Crippen molar-refractivity contribution in [3.8, 4) is 5.75 Å². The Bertz CT molecular complexity index is 833. The lowest BCUT2D eigenvalue weighted by molar-refractivity contribution is -0.114. The summed E-state index contributed by atoms with van der Waals surface area (Å²) in [6, 6.07) is 17.7. The first kappa shape index (κ1) is 17.0. The van der Waals surface area contributed by atoms with E-state index in [4.69, 9.17) is 4.74 Å². The van der Waals surface area contributed by atoms with Crippen LogP contribution in [-0.2, 0) is 11.2 Å². The Balaban J connectivity index is 1.53. The van der Waals surface area contributed by atoms with Gasteiger partial charge in [-0.25, -0.2) is 4.98 Å². The maximum atomic E-state index is 12.1. The SMILES string of the molecule is COc1ccccc1NCC(=O)Nc1ncc(Cc2ccccc2)s1. The fraction of sp³-hybridized carbons (Fsp3) is 0.158. The second-order valence-corrected chi connectivity index (χ2v) is 6.51. The minimum absolute atomic E-state index is 0.147. The first-order chi connectivity index (χ1) is 12.2. The zero-order valence-corrected chi connectivity index (χ0v) is 14.7. The van der Waals surface area contributed by atoms with Crippen LogP contribution in [0.1, 0.15) is 10.4 Å². The van der Waals surface area contributed by atoms with Gasteiger partial charge in [0.05, 0.1) is 19.3 Å². The minimum Gasteiger partial charge on any atom is -0.495 e. The van der Waals surface area contributed by atoms with Gasteiger partial charge in [-0.2, -0.15) is 0 Å². The van der Waals surface area contributed by atoms with Crippen LogP contribution in [0.2, 0.25) is 0 Å². The van der Waals surface area contributed by atoms with Crippen LogP contribution >= 0.6 is 11.3 Å². The molecule has 128 valence electrons. The molecule has 0 aliphatic rings. The number of amides is 1. The molecule has 2 aromatic carbocycles. The third-order valence-corrected chi connectivity index (χ3v) is 4.48. The Kier molecular flexibility index (Phi) is 5.64. The number of thiazole rings is 1. The smallest absolute Gasteiger partial charge is 0.245 e. The Labute approximate surface area is 150 Å². The number of anilines is 2. The summed E-state index contributed by atoms with van der Waals surface area (Å²) in [7, 11) is 1.60. The van der Waals surface area contributed by atoms with Crippen molar-refractivity contribution in [1.82, 2.24) is 4.98 Å². The first-order valence-electron chi connectivity index (χ1n) is 7.90. The molecule has 0 aliphatic heterocycles. The first-order valence-corrected chi connectivity index (χ1v) is 8.71. The molecule has 0 bridgehead atoms. The van der Waals surface area contributed by atoms with Crippen LogP contribution in [0.25, 0.3) is 0 Å². The molecule has 0 fully saturated rings. The van der Waals surface area contributed by atoms with Gasteiger partial charge >= 0.3 is 0 Å². The Morgan fingerprint density at radius 2 is 1.88 bits per heavy atom. The van der Waals surface area contributed by atoms with Crippen molar-refractivity contribution in [1.29, 1.82) is 0 Å². The molecule has 0 saturated heterocycles. The zero-order valence-electron chi connectivity index (χ0n) is 13.9. The minimum atomic E-state index is -0.147. The van der Waals surface area contributed by atoms with Crippen LogP contribution in [0.3, 0.4) is 0 Å². The van der Waals surface area contributed by atoms with Crippen LogP contribution in [0.5, 0.6) is 5.75 Å². The van der Waals surface area contributed by atoms with Gasteiger partial charge in [0.15, 0.2) is 5.13 Å². The van der Waals surface area contributed by atoms with Gasteiger partial charge in [-0.05, 0) is 17.7 Å². The van der Waals surface area contributed by atoms with Crippen LogP contribution in [0.15, 0.2) is 60.8 Å². The fourth-order valence-electron chi connectivity index (χ4n) is 2.37. The Morgan fingerprint density at radius 3 is 2.68 bits per heavy atom. The normalized spacial score (nSPS) is 10.3. The second kappa shape index (κ2) is 8.30. The summed E-state index contributed by atoms with van der Waals surface area (Å²) in [5.41, 5.74) is 2.01. The van der Waals surface area contributed by atoms with Gasteiger partial charge in [0, 0.05) is 17.5 Å². The molecule has 6 heteroatoms. The number of hydrogen-bond donors (Lipinski definition) is 2. The number of nitrogens with one attached hydrogen (secondary N) is 2. The molecule has 3 aromatic rings. The number of carbonyl (C=O) groups excluding carboxylic acids is 1. The molecule has 1 amide bonds. The number of hydrogen-bond acceptors (Lipinski definition) is 5. The highest BCUT2D eigenvalue weighted by Gasteiger charge is 2.08. The molecular formula is C19H19N3O2S. The quantitative estimate of drug-likeness (QED) is 0.678. The number of nitrogens with zero attached hydrogens (tertiary/aromatic N) is 1. The van der Waals surface area contributed by atoms with Crippen LogP contribution in [0, 0.1) is 0 Å². The number of carbonyl (C=O) groups is 1. The van der Waals surface area contributed by atoms with Crippen molar-refractivity contribution in [3.63, 3.8) is 0 Å². The van der Waals surface area contributed by atoms with Gasteiger partial charge in [-0.15, -0.1) is 11.3 Å². The lowest BCUT2D eigenvalue weighted by atomic mass is 10.1. The summed E-state index contributed by atoms with van der Waals surface area (Å²) in [5, 5.41) is 6.50. The lowest BCUT2D eigenvalue weighted by Crippen LogP contribution is -2.21. The topological polar surface area (TPSA) is 63.2 Å². The highest BCUT2D eigenvalue weighted by molar-refractivity contribution is 7.15. The third kappa shape index (κ3) is 4.81. The fourth-order valence-corrected chi connectivity index (χ4v) is 3.24. The summed E-state index contributed by atoms with van der Waals surface area (Å²) >= 11 is 1.49. The molecule has 0 unspecified atom stereocenters. The summed E-state index contributed by atoms with van der Waals surface area (Å²) in [5.74, 6) is 0.557. The molecular weight excluding hydrogens is 334 g/mol. The average Bonchev–Trinajstić information content (AvgIpc) is 3.07. The molecule has 0 radical (unpaired) electrons. The molecule has 0 atom stereocenters. The number of benzene rings is 2. The van der Waals surface area contributed by atoms with E-state index in [9.17, 15) is 4.79 Å². The van der Waals surface area contributed by atoms with Crippen molar-refractivity contribution in [3.05, 3.63) is 71.2 Å². The van der Waals surface area contributed by atoms with E-state index in [0.29, 0.717) is 10.9 Å². The van der Waals surface area contributed by atoms with Gasteiger partial charge in [0.2, 0.25) is 5.91 Å². The van der Waals surface area contributed by atoms with E-state index in [1.54, 1.807) is 13.3 Å². The molecule has 5 nitrogen and oxygen atoms in total. The van der Waals surface area contributed by atoms with Crippen molar-refractivity contribution >= 4 is 28.1 Å². The second-order valence-electron chi connectivity index (χ2n) is 5.40. The summed E-state index contributed by atoms with van der Waals surface area (Å²) < 4.78 is 5.25. The standard InChI is InChI=1S/C19H19N3O2S/c1-24-17-10-6-5-9-16(17)20-13-18(23)22-19-21-12-15(25-19)11-14-7-3-2-4-8-14/h2-10,12,20H,11,13H2,1H3,(H,21,22,23). The molecule has 3 rings (SSSR count). The van der Waals surface area contributed by atoms with Crippen molar-refractivity contribution < 1.29 is 9.53 Å². The van der Waals surface area contributed by atoms with E-state index < -0.39 is 0 Å². The van der Waals surface area contributed by atoms with Gasteiger partial charge in [0.1, 0.15) is 5.75 Å². The van der Waals surface area contributed by atoms with E-state index in [0.717, 1.165) is 17.0 Å². The van der Waals surface area contributed by atoms with Crippen LogP contribution in [-0.4, -0.2) is 24.5 Å². The van der Waals surface area contributed by atoms with Gasteiger partial charge in [-0.1, -0.05) is 42.5 Å².